The number of phenolic OH excluding ortho intramolecular Hbond substituents is 1. The van der Waals surface area contributed by atoms with Crippen molar-refractivity contribution in [3.63, 3.8) is 0 Å². The first kappa shape index (κ1) is 16.6. The predicted molar refractivity (Wildman–Crippen MR) is 77.7 cm³/mol. The van der Waals surface area contributed by atoms with E-state index in [1.165, 1.54) is 0 Å². The number of carbonyl (C=O) groups excluding carboxylic acids is 1. The van der Waals surface area contributed by atoms with E-state index >= 15 is 0 Å². The van der Waals surface area contributed by atoms with Crippen LogP contribution >= 0.6 is 38.5 Å². The molecule has 1 heterocycles. The Bertz CT molecular complexity index is 507. The first-order chi connectivity index (χ1) is 8.00. The molecular formula is C12H10BrINO2Y-. The summed E-state index contributed by atoms with van der Waals surface area (Å²) in [6, 6.07) is 4.99. The molecule has 1 amide bonds. The minimum absolute atomic E-state index is 0. The summed E-state index contributed by atoms with van der Waals surface area (Å²) in [5.74, 6) is 0.275. The van der Waals surface area contributed by atoms with Crippen molar-refractivity contribution >= 4 is 50.1 Å². The van der Waals surface area contributed by atoms with E-state index in [4.69, 9.17) is 0 Å². The second-order valence-corrected chi connectivity index (χ2v) is 6.12. The number of halogens is 2. The normalized spacial score (nSPS) is 19.3. The third-order valence-corrected chi connectivity index (χ3v) is 4.22. The molecule has 0 bridgehead atoms. The van der Waals surface area contributed by atoms with Gasteiger partial charge >= 0.3 is 0 Å². The van der Waals surface area contributed by atoms with Crippen molar-refractivity contribution in [2.75, 3.05) is 7.05 Å². The molecule has 1 radical (unpaired) electrons. The fourth-order valence-electron chi connectivity index (χ4n) is 1.68. The van der Waals surface area contributed by atoms with Gasteiger partial charge in [0.1, 0.15) is 5.75 Å². The summed E-state index contributed by atoms with van der Waals surface area (Å²) < 4.78 is 0.712. The van der Waals surface area contributed by atoms with E-state index in [-0.39, 0.29) is 48.3 Å². The maximum Gasteiger partial charge on any atom is 0.235 e. The number of amides is 1. The monoisotopic (exact) mass is 495 g/mol. The van der Waals surface area contributed by atoms with E-state index in [1.807, 2.05) is 0 Å². The minimum atomic E-state index is -0.0442. The van der Waals surface area contributed by atoms with Crippen LogP contribution in [-0.4, -0.2) is 26.9 Å². The Balaban J connectivity index is 0.00000162. The van der Waals surface area contributed by atoms with E-state index in [9.17, 15) is 9.90 Å². The van der Waals surface area contributed by atoms with Crippen molar-refractivity contribution in [3.05, 3.63) is 34.3 Å². The molecule has 0 aromatic heterocycles. The van der Waals surface area contributed by atoms with Gasteiger partial charge in [-0.05, 0) is 12.1 Å². The Kier molecular flexibility index (Phi) is 6.28. The zero-order valence-corrected chi connectivity index (χ0v) is 16.2. The number of hydrogen-bond acceptors (Lipinski definition) is 2. The number of hydrogen-bond donors (Lipinski definition) is 1. The largest absolute Gasteiger partial charge is 0.508 e. The zero-order chi connectivity index (χ0) is 12.6. The van der Waals surface area contributed by atoms with Gasteiger partial charge in [-0.3, -0.25) is 4.79 Å². The fourth-order valence-corrected chi connectivity index (χ4v) is 2.88. The Morgan fingerprint density at radius 2 is 2.22 bits per heavy atom. The van der Waals surface area contributed by atoms with Gasteiger partial charge in [0.2, 0.25) is 5.91 Å². The van der Waals surface area contributed by atoms with Gasteiger partial charge in [-0.25, -0.2) is 6.08 Å². The van der Waals surface area contributed by atoms with Crippen LogP contribution in [0.4, 0.5) is 0 Å². The van der Waals surface area contributed by atoms with Crippen LogP contribution in [0.5, 0.6) is 5.75 Å². The summed E-state index contributed by atoms with van der Waals surface area (Å²) >= 11 is 5.51. The molecule has 3 nitrogen and oxygen atoms in total. The van der Waals surface area contributed by atoms with E-state index in [1.54, 1.807) is 30.1 Å². The Morgan fingerprint density at radius 1 is 1.56 bits per heavy atom. The van der Waals surface area contributed by atoms with Gasteiger partial charge in [0, 0.05) is 39.8 Å². The molecule has 2 rings (SSSR count). The van der Waals surface area contributed by atoms with Crippen molar-refractivity contribution in [3.8, 4) is 5.75 Å². The summed E-state index contributed by atoms with van der Waals surface area (Å²) in [6.45, 7) is 0. The first-order valence-electron chi connectivity index (χ1n) is 5.02. The van der Waals surface area contributed by atoms with Gasteiger partial charge in [-0.2, -0.15) is 0 Å². The van der Waals surface area contributed by atoms with Crippen LogP contribution in [0.15, 0.2) is 22.7 Å². The van der Waals surface area contributed by atoms with Gasteiger partial charge in [0.15, 0.2) is 0 Å². The molecular weight excluding hydrogens is 486 g/mol. The van der Waals surface area contributed by atoms with Crippen molar-refractivity contribution in [1.82, 2.24) is 4.90 Å². The zero-order valence-electron chi connectivity index (χ0n) is 9.65. The summed E-state index contributed by atoms with van der Waals surface area (Å²) in [6.07, 6.45) is 3.85. The molecule has 0 fully saturated rings. The van der Waals surface area contributed by atoms with Crippen LogP contribution in [0.2, 0.25) is 0 Å². The molecule has 6 heteroatoms. The number of alkyl halides is 1. The number of carbonyl (C=O) groups is 1. The molecule has 0 aliphatic carbocycles. The van der Waals surface area contributed by atoms with Crippen LogP contribution in [0.25, 0.3) is 5.70 Å². The van der Waals surface area contributed by atoms with Crippen molar-refractivity contribution < 1.29 is 42.6 Å². The van der Waals surface area contributed by atoms with Crippen molar-refractivity contribution in [2.45, 2.75) is 10.3 Å². The molecule has 0 saturated carbocycles. The summed E-state index contributed by atoms with van der Waals surface area (Å²) in [4.78, 5) is 13.5. The topological polar surface area (TPSA) is 40.5 Å². The molecule has 18 heavy (non-hydrogen) atoms. The van der Waals surface area contributed by atoms with Crippen molar-refractivity contribution in [2.24, 2.45) is 0 Å². The van der Waals surface area contributed by atoms with Crippen LogP contribution in [0, 0.1) is 6.08 Å². The fraction of sp³-hybridized carbons (Fsp3) is 0.250. The second-order valence-electron chi connectivity index (χ2n) is 3.76. The maximum absolute atomic E-state index is 11.9. The molecule has 1 atom stereocenters. The molecule has 0 saturated heterocycles. The summed E-state index contributed by atoms with van der Waals surface area (Å²) in [7, 11) is 1.74. The molecule has 1 aromatic carbocycles. The maximum atomic E-state index is 11.9. The molecule has 1 aromatic rings. The minimum Gasteiger partial charge on any atom is -0.508 e. The first-order valence-corrected chi connectivity index (χ1v) is 7.06. The number of benzene rings is 1. The average molecular weight is 496 g/mol. The predicted octanol–water partition coefficient (Wildman–Crippen LogP) is 2.96. The number of phenols is 1. The number of allylic oxidation sites excluding steroid dienone is 1. The van der Waals surface area contributed by atoms with Gasteiger partial charge in [-0.15, -0.1) is 17.3 Å². The van der Waals surface area contributed by atoms with Gasteiger partial charge in [0.05, 0.1) is 3.92 Å². The number of aromatic hydroxyl groups is 1. The smallest absolute Gasteiger partial charge is 0.235 e. The van der Waals surface area contributed by atoms with Gasteiger partial charge in [0.25, 0.3) is 0 Å². The number of nitrogens with zero attached hydrogens (tertiary/aromatic N) is 1. The molecule has 93 valence electrons. The quantitative estimate of drug-likeness (QED) is 0.370. The van der Waals surface area contributed by atoms with Crippen molar-refractivity contribution in [1.29, 1.82) is 0 Å². The SMILES string of the molecule is CN1C(=O)C(I)C[C-]=C1c1ccc(O)cc1Br.[Y]. The van der Waals surface area contributed by atoms with E-state index < -0.39 is 0 Å². The molecule has 1 aliphatic rings. The van der Waals surface area contributed by atoms with E-state index in [2.05, 4.69) is 44.6 Å². The average Bonchev–Trinajstić information content (AvgIpc) is 2.28. The molecule has 1 N–H and O–H groups in total. The Labute approximate surface area is 153 Å². The molecule has 1 aliphatic heterocycles. The van der Waals surface area contributed by atoms with Crippen LogP contribution in [-0.2, 0) is 37.5 Å². The molecule has 1 unspecified atom stereocenters. The molecule has 0 spiro atoms. The van der Waals surface area contributed by atoms with Gasteiger partial charge in [-0.1, -0.05) is 49.4 Å². The third kappa shape index (κ3) is 3.35. The number of rotatable bonds is 1. The standard InChI is InChI=1S/C12H10BrINO2.Y/c1-15-11(5-4-10(14)12(15)17)8-3-2-7(16)6-9(8)13;/h2-3,6,10,16H,4H2,1H3;/q-1;. The van der Waals surface area contributed by atoms with Crippen LogP contribution < -0.4 is 0 Å². The van der Waals surface area contributed by atoms with E-state index in [0.717, 1.165) is 15.7 Å². The Hall–Kier alpha value is 0.544. The third-order valence-electron chi connectivity index (χ3n) is 2.59. The van der Waals surface area contributed by atoms with Crippen LogP contribution in [0.3, 0.4) is 0 Å². The van der Waals surface area contributed by atoms with E-state index in [0.29, 0.717) is 6.42 Å². The summed E-state index contributed by atoms with van der Waals surface area (Å²) in [5.41, 5.74) is 1.62. The summed E-state index contributed by atoms with van der Waals surface area (Å²) in [5, 5.41) is 9.35. The second kappa shape index (κ2) is 6.82. The Morgan fingerprint density at radius 3 is 2.83 bits per heavy atom. The van der Waals surface area contributed by atoms with Crippen LogP contribution in [0.1, 0.15) is 12.0 Å². The van der Waals surface area contributed by atoms with Gasteiger partial charge < -0.3 is 10.0 Å².